The highest BCUT2D eigenvalue weighted by molar-refractivity contribution is 14.1. The number of halogens is 3. The molecule has 0 aliphatic rings. The fourth-order valence-electron chi connectivity index (χ4n) is 2.12. The fraction of sp³-hybridized carbons (Fsp3) is 0. The third kappa shape index (κ3) is 2.40. The number of fused-ring (bicyclic) bond motifs is 1. The van der Waals surface area contributed by atoms with Gasteiger partial charge in [0.2, 0.25) is 0 Å². The van der Waals surface area contributed by atoms with E-state index < -0.39 is 15.8 Å². The van der Waals surface area contributed by atoms with E-state index in [1.807, 2.05) is 22.6 Å². The van der Waals surface area contributed by atoms with Crippen LogP contribution in [-0.2, 0) is 10.0 Å². The van der Waals surface area contributed by atoms with E-state index in [0.29, 0.717) is 13.6 Å². The summed E-state index contributed by atoms with van der Waals surface area (Å²) in [6.45, 7) is 0. The summed E-state index contributed by atoms with van der Waals surface area (Å²) < 4.78 is 41.8. The molecule has 1 heterocycles. The molecular formula is C14H8BrFINO2S. The van der Waals surface area contributed by atoms with Crippen LogP contribution in [0.5, 0.6) is 0 Å². The van der Waals surface area contributed by atoms with Crippen molar-refractivity contribution in [2.24, 2.45) is 0 Å². The predicted molar refractivity (Wildman–Crippen MR) is 91.3 cm³/mol. The Morgan fingerprint density at radius 2 is 1.76 bits per heavy atom. The number of hydrogen-bond acceptors (Lipinski definition) is 2. The molecule has 7 heteroatoms. The average molecular weight is 480 g/mol. The number of nitrogens with zero attached hydrogens (tertiary/aromatic N) is 1. The minimum Gasteiger partial charge on any atom is -0.225 e. The lowest BCUT2D eigenvalue weighted by molar-refractivity contribution is 0.585. The van der Waals surface area contributed by atoms with Gasteiger partial charge in [0, 0.05) is 9.86 Å². The molecule has 0 N–H and O–H groups in total. The zero-order chi connectivity index (χ0) is 15.2. The first kappa shape index (κ1) is 15.0. The van der Waals surface area contributed by atoms with E-state index in [1.54, 1.807) is 30.3 Å². The second kappa shape index (κ2) is 5.36. The Hall–Kier alpha value is -0.930. The van der Waals surface area contributed by atoms with Gasteiger partial charge in [0.1, 0.15) is 11.3 Å². The Morgan fingerprint density at radius 1 is 1.10 bits per heavy atom. The molecule has 0 spiro atoms. The van der Waals surface area contributed by atoms with Gasteiger partial charge in [-0.15, -0.1) is 0 Å². The monoisotopic (exact) mass is 479 g/mol. The lowest BCUT2D eigenvalue weighted by atomic mass is 10.2. The molecular weight excluding hydrogens is 472 g/mol. The normalized spacial score (nSPS) is 12.0. The SMILES string of the molecule is O=S(=O)(c1ccccc1)n1c(I)cc2c(Br)ccc(F)c21. The Bertz CT molecular complexity index is 939. The molecule has 0 unspecified atom stereocenters. The van der Waals surface area contributed by atoms with Gasteiger partial charge in [-0.1, -0.05) is 34.1 Å². The molecule has 2 aromatic carbocycles. The maximum Gasteiger partial charge on any atom is 0.269 e. The predicted octanol–water partition coefficient (Wildman–Crippen LogP) is 4.38. The van der Waals surface area contributed by atoms with Crippen LogP contribution < -0.4 is 0 Å². The van der Waals surface area contributed by atoms with Crippen LogP contribution in [0, 0.1) is 9.52 Å². The van der Waals surface area contributed by atoms with Crippen molar-refractivity contribution >= 4 is 59.4 Å². The van der Waals surface area contributed by atoms with Crippen LogP contribution in [0.3, 0.4) is 0 Å². The summed E-state index contributed by atoms with van der Waals surface area (Å²) in [5, 5.41) is 0.527. The lowest BCUT2D eigenvalue weighted by Gasteiger charge is -2.09. The molecule has 0 bridgehead atoms. The summed E-state index contributed by atoms with van der Waals surface area (Å²) in [7, 11) is -3.84. The molecule has 0 aliphatic carbocycles. The molecule has 0 saturated carbocycles. The Morgan fingerprint density at radius 3 is 2.43 bits per heavy atom. The summed E-state index contributed by atoms with van der Waals surface area (Å²) in [6.07, 6.45) is 0. The van der Waals surface area contributed by atoms with Crippen LogP contribution >= 0.6 is 38.5 Å². The Kier molecular flexibility index (Phi) is 3.83. The molecule has 0 radical (unpaired) electrons. The molecule has 3 rings (SSSR count). The molecule has 0 amide bonds. The minimum atomic E-state index is -3.84. The molecule has 3 nitrogen and oxygen atoms in total. The van der Waals surface area contributed by atoms with E-state index in [2.05, 4.69) is 15.9 Å². The van der Waals surface area contributed by atoms with E-state index >= 15 is 0 Å². The zero-order valence-corrected chi connectivity index (χ0v) is 15.0. The summed E-state index contributed by atoms with van der Waals surface area (Å²) in [4.78, 5) is 0.125. The highest BCUT2D eigenvalue weighted by Crippen LogP contribution is 2.33. The second-order valence-corrected chi connectivity index (χ2v) is 8.09. The van der Waals surface area contributed by atoms with Gasteiger partial charge in [0.15, 0.2) is 0 Å². The van der Waals surface area contributed by atoms with Gasteiger partial charge in [-0.05, 0) is 52.9 Å². The first-order valence-electron chi connectivity index (χ1n) is 5.88. The topological polar surface area (TPSA) is 39.1 Å². The van der Waals surface area contributed by atoms with Crippen molar-refractivity contribution in [3.05, 3.63) is 62.5 Å². The van der Waals surface area contributed by atoms with Gasteiger partial charge in [0.05, 0.1) is 8.60 Å². The molecule has 21 heavy (non-hydrogen) atoms. The van der Waals surface area contributed by atoms with Gasteiger partial charge in [-0.3, -0.25) is 0 Å². The van der Waals surface area contributed by atoms with E-state index in [4.69, 9.17) is 0 Å². The van der Waals surface area contributed by atoms with Crippen molar-refractivity contribution in [3.8, 4) is 0 Å². The standard InChI is InChI=1S/C14H8BrFINO2S/c15-11-6-7-12(16)14-10(11)8-13(17)18(14)21(19,20)9-4-2-1-3-5-9/h1-8H. The summed E-state index contributed by atoms with van der Waals surface area (Å²) in [6, 6.07) is 12.4. The Labute approximate surface area is 143 Å². The molecule has 0 fully saturated rings. The van der Waals surface area contributed by atoms with Crippen molar-refractivity contribution in [2.45, 2.75) is 4.90 Å². The highest BCUT2D eigenvalue weighted by atomic mass is 127. The second-order valence-electron chi connectivity index (χ2n) is 4.34. The van der Waals surface area contributed by atoms with Crippen molar-refractivity contribution in [1.82, 2.24) is 3.97 Å². The van der Waals surface area contributed by atoms with Gasteiger partial charge >= 0.3 is 0 Å². The van der Waals surface area contributed by atoms with Gasteiger partial charge < -0.3 is 0 Å². The number of hydrogen-bond donors (Lipinski definition) is 0. The van der Waals surface area contributed by atoms with Crippen molar-refractivity contribution in [3.63, 3.8) is 0 Å². The summed E-state index contributed by atoms with van der Waals surface area (Å²) in [5.41, 5.74) is 0.0534. The quantitative estimate of drug-likeness (QED) is 0.511. The summed E-state index contributed by atoms with van der Waals surface area (Å²) >= 11 is 5.22. The molecule has 3 aromatic rings. The van der Waals surface area contributed by atoms with Crippen molar-refractivity contribution in [1.29, 1.82) is 0 Å². The average Bonchev–Trinajstić information content (AvgIpc) is 2.83. The van der Waals surface area contributed by atoms with Crippen molar-refractivity contribution in [2.75, 3.05) is 0 Å². The van der Waals surface area contributed by atoms with Gasteiger partial charge in [-0.2, -0.15) is 0 Å². The van der Waals surface area contributed by atoms with Crippen LogP contribution in [0.1, 0.15) is 0 Å². The Balaban J connectivity index is 2.41. The van der Waals surface area contributed by atoms with Crippen LogP contribution in [0.2, 0.25) is 0 Å². The van der Waals surface area contributed by atoms with Crippen LogP contribution in [0.25, 0.3) is 10.9 Å². The number of aromatic nitrogens is 1. The van der Waals surface area contributed by atoms with Crippen LogP contribution in [0.4, 0.5) is 4.39 Å². The smallest absolute Gasteiger partial charge is 0.225 e. The molecule has 0 aliphatic heterocycles. The minimum absolute atomic E-state index is 0.0534. The number of rotatable bonds is 2. The third-order valence-corrected chi connectivity index (χ3v) is 6.60. The van der Waals surface area contributed by atoms with Gasteiger partial charge in [-0.25, -0.2) is 16.8 Å². The molecule has 0 atom stereocenters. The lowest BCUT2D eigenvalue weighted by Crippen LogP contribution is -2.14. The molecule has 108 valence electrons. The van der Waals surface area contributed by atoms with E-state index in [1.165, 1.54) is 18.2 Å². The van der Waals surface area contributed by atoms with E-state index in [9.17, 15) is 12.8 Å². The van der Waals surface area contributed by atoms with E-state index in [0.717, 1.165) is 3.97 Å². The molecule has 0 saturated heterocycles. The first-order chi connectivity index (χ1) is 9.93. The molecule has 1 aromatic heterocycles. The maximum absolute atomic E-state index is 14.2. The third-order valence-electron chi connectivity index (χ3n) is 3.06. The highest BCUT2D eigenvalue weighted by Gasteiger charge is 2.24. The van der Waals surface area contributed by atoms with E-state index in [-0.39, 0.29) is 10.4 Å². The maximum atomic E-state index is 14.2. The first-order valence-corrected chi connectivity index (χ1v) is 9.19. The van der Waals surface area contributed by atoms with Crippen LogP contribution in [-0.4, -0.2) is 12.4 Å². The number of benzene rings is 2. The largest absolute Gasteiger partial charge is 0.269 e. The zero-order valence-electron chi connectivity index (χ0n) is 10.4. The van der Waals surface area contributed by atoms with Crippen molar-refractivity contribution < 1.29 is 12.8 Å². The summed E-state index contributed by atoms with van der Waals surface area (Å²) in [5.74, 6) is -0.573. The van der Waals surface area contributed by atoms with Crippen LogP contribution in [0.15, 0.2) is 57.9 Å². The van der Waals surface area contributed by atoms with Gasteiger partial charge in [0.25, 0.3) is 10.0 Å². The fourth-order valence-corrected chi connectivity index (χ4v) is 5.30.